The molecule has 0 spiro atoms. The molecule has 0 aliphatic carbocycles. The van der Waals surface area contributed by atoms with Crippen LogP contribution in [-0.4, -0.2) is 22.2 Å². The van der Waals surface area contributed by atoms with Gasteiger partial charge in [0.1, 0.15) is 23.2 Å². The van der Waals surface area contributed by atoms with Gasteiger partial charge in [-0.15, -0.1) is 11.8 Å². The Bertz CT molecular complexity index is 1110. The van der Waals surface area contributed by atoms with Crippen LogP contribution in [0.1, 0.15) is 11.1 Å². The Balaban J connectivity index is 0.000000298. The molecule has 1 aliphatic rings. The number of furan rings is 1. The van der Waals surface area contributed by atoms with Crippen LogP contribution in [0.4, 0.5) is 19.0 Å². The molecular formula is C19H12F3N3O3S. The van der Waals surface area contributed by atoms with Crippen molar-refractivity contribution in [2.24, 2.45) is 0 Å². The van der Waals surface area contributed by atoms with E-state index in [9.17, 15) is 18.4 Å². The van der Waals surface area contributed by atoms with Gasteiger partial charge in [-0.2, -0.15) is 18.4 Å². The summed E-state index contributed by atoms with van der Waals surface area (Å²) in [4.78, 5) is 14.6. The topological polar surface area (TPSA) is 113 Å². The van der Waals surface area contributed by atoms with Crippen molar-refractivity contribution in [2.75, 3.05) is 5.73 Å². The van der Waals surface area contributed by atoms with Crippen LogP contribution in [-0.2, 0) is 10.5 Å². The summed E-state index contributed by atoms with van der Waals surface area (Å²) in [6, 6.07) is 13.9. The first-order valence-corrected chi connectivity index (χ1v) is 9.01. The molecule has 4 rings (SSSR count). The van der Waals surface area contributed by atoms with Crippen LogP contribution < -0.4 is 5.73 Å². The molecule has 0 amide bonds. The predicted molar refractivity (Wildman–Crippen MR) is 99.8 cm³/mol. The molecule has 0 saturated carbocycles. The van der Waals surface area contributed by atoms with Crippen LogP contribution in [0.5, 0.6) is 0 Å². The van der Waals surface area contributed by atoms with Crippen LogP contribution >= 0.6 is 11.8 Å². The molecule has 0 saturated heterocycles. The number of aromatic nitrogens is 1. The molecule has 29 heavy (non-hydrogen) atoms. The van der Waals surface area contributed by atoms with E-state index in [-0.39, 0.29) is 5.82 Å². The number of carboxylic acids is 1. The maximum absolute atomic E-state index is 10.6. The molecule has 2 aromatic heterocycles. The lowest BCUT2D eigenvalue weighted by Crippen LogP contribution is -2.21. The number of nitrogen functional groups attached to an aromatic ring is 1. The van der Waals surface area contributed by atoms with Gasteiger partial charge in [0.05, 0.1) is 12.0 Å². The molecule has 3 aromatic rings. The highest BCUT2D eigenvalue weighted by Gasteiger charge is 2.38. The Morgan fingerprint density at radius 3 is 2.55 bits per heavy atom. The molecule has 6 nitrogen and oxygen atoms in total. The molecule has 0 bridgehead atoms. The van der Waals surface area contributed by atoms with Crippen LogP contribution in [0.25, 0.3) is 22.6 Å². The summed E-state index contributed by atoms with van der Waals surface area (Å²) in [5, 5.41) is 16.6. The number of halogens is 3. The lowest BCUT2D eigenvalue weighted by molar-refractivity contribution is -0.192. The summed E-state index contributed by atoms with van der Waals surface area (Å²) in [5.41, 5.74) is 10.1. The Morgan fingerprint density at radius 1 is 1.28 bits per heavy atom. The predicted octanol–water partition coefficient (Wildman–Crippen LogP) is 4.70. The number of nitriles is 1. The van der Waals surface area contributed by atoms with Crippen LogP contribution in [0.2, 0.25) is 0 Å². The van der Waals surface area contributed by atoms with E-state index in [0.717, 1.165) is 28.1 Å². The quantitative estimate of drug-likeness (QED) is 0.588. The molecular weight excluding hydrogens is 407 g/mol. The second-order valence-electron chi connectivity index (χ2n) is 5.75. The molecule has 0 atom stereocenters. The SMILES string of the molecule is N#Cc1c(N)nc2c(c1-c1ccco1)CSc1ccccc1-2.O=C(O)C(F)(F)F. The van der Waals surface area contributed by atoms with Gasteiger partial charge in [-0.3, -0.25) is 0 Å². The molecule has 1 aliphatic heterocycles. The highest BCUT2D eigenvalue weighted by Crippen LogP contribution is 2.45. The van der Waals surface area contributed by atoms with Crippen molar-refractivity contribution < 1.29 is 27.5 Å². The number of pyridine rings is 1. The molecule has 3 N–H and O–H groups in total. The van der Waals surface area contributed by atoms with Crippen molar-refractivity contribution in [2.45, 2.75) is 16.8 Å². The van der Waals surface area contributed by atoms with Crippen molar-refractivity contribution in [1.29, 1.82) is 5.26 Å². The number of hydrogen-bond donors (Lipinski definition) is 2. The van der Waals surface area contributed by atoms with Gasteiger partial charge in [0, 0.05) is 27.3 Å². The third-order valence-electron chi connectivity index (χ3n) is 3.96. The highest BCUT2D eigenvalue weighted by molar-refractivity contribution is 7.98. The maximum Gasteiger partial charge on any atom is 0.490 e. The smallest absolute Gasteiger partial charge is 0.475 e. The number of alkyl halides is 3. The van der Waals surface area contributed by atoms with Crippen molar-refractivity contribution >= 4 is 23.5 Å². The molecule has 10 heteroatoms. The van der Waals surface area contributed by atoms with E-state index in [1.807, 2.05) is 30.3 Å². The molecule has 148 valence electrons. The second-order valence-corrected chi connectivity index (χ2v) is 6.77. The van der Waals surface area contributed by atoms with Gasteiger partial charge in [-0.25, -0.2) is 9.78 Å². The summed E-state index contributed by atoms with van der Waals surface area (Å²) < 4.78 is 37.3. The Labute approximate surface area is 166 Å². The van der Waals surface area contributed by atoms with E-state index < -0.39 is 12.1 Å². The fourth-order valence-electron chi connectivity index (χ4n) is 2.75. The van der Waals surface area contributed by atoms with Crippen molar-refractivity contribution in [3.63, 3.8) is 0 Å². The average Bonchev–Trinajstić information content (AvgIpc) is 3.21. The van der Waals surface area contributed by atoms with E-state index in [2.05, 4.69) is 17.1 Å². The van der Waals surface area contributed by atoms with Crippen molar-refractivity contribution in [3.8, 4) is 28.7 Å². The molecule has 3 heterocycles. The number of rotatable bonds is 1. The lowest BCUT2D eigenvalue weighted by Gasteiger charge is -2.22. The van der Waals surface area contributed by atoms with Gasteiger partial charge in [0.25, 0.3) is 0 Å². The van der Waals surface area contributed by atoms with E-state index in [1.54, 1.807) is 18.0 Å². The van der Waals surface area contributed by atoms with Crippen LogP contribution in [0.3, 0.4) is 0 Å². The lowest BCUT2D eigenvalue weighted by atomic mass is 9.96. The Morgan fingerprint density at radius 2 is 1.97 bits per heavy atom. The van der Waals surface area contributed by atoms with Gasteiger partial charge in [-0.05, 0) is 18.2 Å². The van der Waals surface area contributed by atoms with Gasteiger partial charge < -0.3 is 15.3 Å². The van der Waals surface area contributed by atoms with Crippen molar-refractivity contribution in [3.05, 3.63) is 53.8 Å². The minimum atomic E-state index is -5.08. The summed E-state index contributed by atoms with van der Waals surface area (Å²) in [6.07, 6.45) is -3.48. The molecule has 0 fully saturated rings. The van der Waals surface area contributed by atoms with Gasteiger partial charge >= 0.3 is 12.1 Å². The standard InChI is InChI=1S/C17H11N3OS.C2HF3O2/c18-8-11-15(13-5-3-7-21-13)12-9-22-14-6-2-1-4-10(14)16(12)20-17(11)19;3-2(4,5)1(6)7/h1-7H,9H2,(H2,19,20);(H,6,7). The van der Waals surface area contributed by atoms with Gasteiger partial charge in [-0.1, -0.05) is 18.2 Å². The van der Waals surface area contributed by atoms with Gasteiger partial charge in [0.2, 0.25) is 0 Å². The number of benzene rings is 1. The zero-order chi connectivity index (χ0) is 21.2. The van der Waals surface area contributed by atoms with E-state index in [4.69, 9.17) is 20.1 Å². The van der Waals surface area contributed by atoms with Crippen molar-refractivity contribution in [1.82, 2.24) is 4.98 Å². The van der Waals surface area contributed by atoms with Gasteiger partial charge in [0.15, 0.2) is 0 Å². The first-order chi connectivity index (χ1) is 13.7. The first kappa shape index (κ1) is 20.3. The maximum atomic E-state index is 10.6. The second kappa shape index (κ2) is 7.89. The number of carbonyl (C=O) groups is 1. The Hall–Kier alpha value is -3.45. The minimum Gasteiger partial charge on any atom is -0.475 e. The third kappa shape index (κ3) is 4.05. The zero-order valence-electron chi connectivity index (χ0n) is 14.5. The van der Waals surface area contributed by atoms with E-state index >= 15 is 0 Å². The molecule has 0 radical (unpaired) electrons. The number of aliphatic carboxylic acids is 1. The number of anilines is 1. The fourth-order valence-corrected chi connectivity index (χ4v) is 3.82. The summed E-state index contributed by atoms with van der Waals surface area (Å²) in [7, 11) is 0. The van der Waals surface area contributed by atoms with E-state index in [1.165, 1.54) is 4.90 Å². The zero-order valence-corrected chi connectivity index (χ0v) is 15.3. The minimum absolute atomic E-state index is 0.245. The monoisotopic (exact) mass is 419 g/mol. The summed E-state index contributed by atoms with van der Waals surface area (Å²) in [6.45, 7) is 0. The largest absolute Gasteiger partial charge is 0.490 e. The molecule has 0 unspecified atom stereocenters. The highest BCUT2D eigenvalue weighted by atomic mass is 32.2. The number of nitrogens with zero attached hydrogens (tertiary/aromatic N) is 2. The fraction of sp³-hybridized carbons (Fsp3) is 0.105. The summed E-state index contributed by atoms with van der Waals surface area (Å²) in [5.74, 6) is -1.12. The van der Waals surface area contributed by atoms with Crippen LogP contribution in [0, 0.1) is 11.3 Å². The average molecular weight is 419 g/mol. The van der Waals surface area contributed by atoms with Crippen LogP contribution in [0.15, 0.2) is 52.0 Å². The van der Waals surface area contributed by atoms with E-state index in [0.29, 0.717) is 11.3 Å². The number of carboxylic acid groups (broad SMARTS) is 1. The third-order valence-corrected chi connectivity index (χ3v) is 5.06. The first-order valence-electron chi connectivity index (χ1n) is 8.02. The molecule has 1 aromatic carbocycles. The number of hydrogen-bond acceptors (Lipinski definition) is 6. The number of fused-ring (bicyclic) bond motifs is 3. The number of thioether (sulfide) groups is 1. The Kier molecular flexibility index (Phi) is 5.52. The summed E-state index contributed by atoms with van der Waals surface area (Å²) >= 11 is 1.74. The number of nitrogens with two attached hydrogens (primary N) is 1. The normalized spacial score (nSPS) is 12.1.